The van der Waals surface area contributed by atoms with E-state index in [9.17, 15) is 22.8 Å². The van der Waals surface area contributed by atoms with Crippen LogP contribution in [0.2, 0.25) is 0 Å². The Morgan fingerprint density at radius 3 is 1.98 bits per heavy atom. The van der Waals surface area contributed by atoms with Crippen LogP contribution < -0.4 is 5.32 Å². The van der Waals surface area contributed by atoms with Gasteiger partial charge in [-0.25, -0.2) is 0 Å². The number of nitrogens with one attached hydrogen (secondary N) is 1. The Balaban J connectivity index is 1.22. The van der Waals surface area contributed by atoms with Crippen LogP contribution in [0.5, 0.6) is 0 Å². The maximum absolute atomic E-state index is 14.8. The van der Waals surface area contributed by atoms with Gasteiger partial charge in [0.05, 0.1) is 5.56 Å². The number of amides is 2. The minimum atomic E-state index is -4.42. The van der Waals surface area contributed by atoms with E-state index < -0.39 is 17.3 Å². The molecule has 0 radical (unpaired) electrons. The summed E-state index contributed by atoms with van der Waals surface area (Å²) in [4.78, 5) is 30.0. The lowest BCUT2D eigenvalue weighted by molar-refractivity contribution is -0.156. The first kappa shape index (κ1) is 28.0. The average Bonchev–Trinajstić information content (AvgIpc) is 2.93. The van der Waals surface area contributed by atoms with Gasteiger partial charge in [-0.15, -0.1) is 0 Å². The van der Waals surface area contributed by atoms with Gasteiger partial charge in [0.1, 0.15) is 5.54 Å². The molecule has 8 rings (SSSR count). The predicted molar refractivity (Wildman–Crippen MR) is 154 cm³/mol. The SMILES string of the molecule is CC(=O)N(Cc1ccc(C(F)(F)F)cc1)[C@]1(C(=O)NC23CC4CC(CC(C4)C2)C3)CC[C@H]2Cc3ccccc3C[C@H]2C1. The lowest BCUT2D eigenvalue weighted by Crippen LogP contribution is -2.68. The first-order valence-corrected chi connectivity index (χ1v) is 15.9. The van der Waals surface area contributed by atoms with Crippen LogP contribution in [0.15, 0.2) is 48.5 Å². The molecule has 0 aromatic heterocycles. The number of alkyl halides is 3. The number of fused-ring (bicyclic) bond motifs is 2. The van der Waals surface area contributed by atoms with Crippen LogP contribution in [0.25, 0.3) is 0 Å². The summed E-state index contributed by atoms with van der Waals surface area (Å²) in [5, 5.41) is 3.62. The molecule has 0 spiro atoms. The number of hydrogen-bond acceptors (Lipinski definition) is 2. The summed E-state index contributed by atoms with van der Waals surface area (Å²) in [6, 6.07) is 13.6. The second kappa shape index (κ2) is 10.1. The topological polar surface area (TPSA) is 49.4 Å². The Kier molecular flexibility index (Phi) is 6.74. The number of nitrogens with zero attached hydrogens (tertiary/aromatic N) is 1. The summed E-state index contributed by atoms with van der Waals surface area (Å²) in [6.07, 6.45) is 6.38. The molecular formula is C35H41F3N2O2. The van der Waals surface area contributed by atoms with Crippen molar-refractivity contribution in [2.45, 2.75) is 101 Å². The summed E-state index contributed by atoms with van der Waals surface area (Å²) in [5.41, 5.74) is 1.40. The van der Waals surface area contributed by atoms with Crippen molar-refractivity contribution in [2.24, 2.45) is 29.6 Å². The summed E-state index contributed by atoms with van der Waals surface area (Å²) >= 11 is 0. The molecule has 4 nitrogen and oxygen atoms in total. The summed E-state index contributed by atoms with van der Waals surface area (Å²) in [6.45, 7) is 1.63. The van der Waals surface area contributed by atoms with E-state index in [1.165, 1.54) is 49.4 Å². The van der Waals surface area contributed by atoms with Gasteiger partial charge in [-0.3, -0.25) is 9.59 Å². The molecule has 6 aliphatic carbocycles. The molecule has 5 fully saturated rings. The van der Waals surface area contributed by atoms with E-state index in [-0.39, 0.29) is 29.8 Å². The normalized spacial score (nSPS) is 34.8. The fraction of sp³-hybridized carbons (Fsp3) is 0.600. The molecular weight excluding hydrogens is 537 g/mol. The third kappa shape index (κ3) is 4.94. The Morgan fingerprint density at radius 1 is 0.857 bits per heavy atom. The van der Waals surface area contributed by atoms with Crippen molar-refractivity contribution < 1.29 is 22.8 Å². The average molecular weight is 579 g/mol. The number of carbonyl (C=O) groups is 2. The van der Waals surface area contributed by atoms with Crippen LogP contribution in [0.3, 0.4) is 0 Å². The zero-order chi connectivity index (χ0) is 29.3. The molecule has 5 saturated carbocycles. The van der Waals surface area contributed by atoms with E-state index in [0.717, 1.165) is 50.7 Å². The maximum Gasteiger partial charge on any atom is 0.416 e. The maximum atomic E-state index is 14.8. The highest BCUT2D eigenvalue weighted by atomic mass is 19.4. The number of hydrogen-bond donors (Lipinski definition) is 1. The highest BCUT2D eigenvalue weighted by Gasteiger charge is 2.56. The van der Waals surface area contributed by atoms with Crippen molar-refractivity contribution in [2.75, 3.05) is 0 Å². The van der Waals surface area contributed by atoms with E-state index in [2.05, 4.69) is 29.6 Å². The molecule has 3 atom stereocenters. The predicted octanol–water partition coefficient (Wildman–Crippen LogP) is 7.09. The Bertz CT molecular complexity index is 1330. The van der Waals surface area contributed by atoms with E-state index >= 15 is 0 Å². The van der Waals surface area contributed by atoms with E-state index in [4.69, 9.17) is 0 Å². The molecule has 1 N–H and O–H groups in total. The second-order valence-corrected chi connectivity index (χ2v) is 14.4. The molecule has 42 heavy (non-hydrogen) atoms. The van der Waals surface area contributed by atoms with E-state index in [0.29, 0.717) is 42.1 Å². The summed E-state index contributed by atoms with van der Waals surface area (Å²) in [5.74, 6) is 2.51. The molecule has 2 aromatic carbocycles. The molecule has 0 heterocycles. The molecule has 7 heteroatoms. The number of benzene rings is 2. The van der Waals surface area contributed by atoms with Crippen LogP contribution in [-0.2, 0) is 35.2 Å². The van der Waals surface area contributed by atoms with Gasteiger partial charge >= 0.3 is 6.18 Å². The molecule has 4 bridgehead atoms. The van der Waals surface area contributed by atoms with Crippen LogP contribution in [0.1, 0.15) is 87.0 Å². The largest absolute Gasteiger partial charge is 0.416 e. The minimum Gasteiger partial charge on any atom is -0.349 e. The highest BCUT2D eigenvalue weighted by molar-refractivity contribution is 5.91. The third-order valence-corrected chi connectivity index (χ3v) is 11.6. The quantitative estimate of drug-likeness (QED) is 0.412. The van der Waals surface area contributed by atoms with E-state index in [1.807, 2.05) is 0 Å². The fourth-order valence-electron chi connectivity index (χ4n) is 10.1. The number of halogens is 3. The lowest BCUT2D eigenvalue weighted by atomic mass is 9.52. The number of carbonyl (C=O) groups excluding carboxylic acids is 2. The van der Waals surface area contributed by atoms with Crippen molar-refractivity contribution in [1.82, 2.24) is 10.2 Å². The van der Waals surface area contributed by atoms with Crippen LogP contribution in [0, 0.1) is 29.6 Å². The molecule has 6 aliphatic rings. The van der Waals surface area contributed by atoms with Crippen molar-refractivity contribution in [3.8, 4) is 0 Å². The van der Waals surface area contributed by atoms with E-state index in [1.54, 1.807) is 4.90 Å². The number of rotatable bonds is 5. The lowest BCUT2D eigenvalue weighted by Gasteiger charge is -2.58. The molecule has 0 unspecified atom stereocenters. The zero-order valence-electron chi connectivity index (χ0n) is 24.4. The van der Waals surface area contributed by atoms with Gasteiger partial charge in [-0.1, -0.05) is 36.4 Å². The molecule has 224 valence electrons. The minimum absolute atomic E-state index is 0.0381. The summed E-state index contributed by atoms with van der Waals surface area (Å²) in [7, 11) is 0. The Hall–Kier alpha value is -2.83. The van der Waals surface area contributed by atoms with Gasteiger partial charge in [-0.2, -0.15) is 13.2 Å². The first-order valence-electron chi connectivity index (χ1n) is 15.9. The second-order valence-electron chi connectivity index (χ2n) is 14.4. The molecule has 2 amide bonds. The Labute approximate surface area is 246 Å². The summed E-state index contributed by atoms with van der Waals surface area (Å²) < 4.78 is 39.8. The Morgan fingerprint density at radius 2 is 1.43 bits per heavy atom. The standard InChI is InChI=1S/C35H41F3N2O2/c1-22(41)40(21-23-6-8-31(9-7-23)35(36,37)38)34(11-10-29-15-27-4-2-3-5-28(27)16-30(29)20-34)32(42)39-33-17-24-12-25(18-33)14-26(13-24)19-33/h2-9,24-26,29-30H,10-21H2,1H3,(H,39,42)/t24?,25?,26?,29-,30-,33?,34+/m0/s1. The molecule has 2 aromatic rings. The monoisotopic (exact) mass is 578 g/mol. The van der Waals surface area contributed by atoms with Gasteiger partial charge < -0.3 is 10.2 Å². The van der Waals surface area contributed by atoms with Gasteiger partial charge in [0, 0.05) is 19.0 Å². The van der Waals surface area contributed by atoms with Crippen molar-refractivity contribution >= 4 is 11.8 Å². The van der Waals surface area contributed by atoms with Crippen molar-refractivity contribution in [3.05, 3.63) is 70.8 Å². The van der Waals surface area contributed by atoms with Crippen LogP contribution in [0.4, 0.5) is 13.2 Å². The highest BCUT2D eigenvalue weighted by Crippen LogP contribution is 2.56. The fourth-order valence-corrected chi connectivity index (χ4v) is 10.1. The van der Waals surface area contributed by atoms with Crippen LogP contribution in [-0.4, -0.2) is 27.8 Å². The van der Waals surface area contributed by atoms with Crippen LogP contribution >= 0.6 is 0 Å². The zero-order valence-corrected chi connectivity index (χ0v) is 24.4. The van der Waals surface area contributed by atoms with Gasteiger partial charge in [0.2, 0.25) is 11.8 Å². The smallest absolute Gasteiger partial charge is 0.349 e. The molecule has 0 saturated heterocycles. The first-order chi connectivity index (χ1) is 20.0. The van der Waals surface area contributed by atoms with Crippen molar-refractivity contribution in [3.63, 3.8) is 0 Å². The van der Waals surface area contributed by atoms with Crippen molar-refractivity contribution in [1.29, 1.82) is 0 Å². The molecule has 0 aliphatic heterocycles. The van der Waals surface area contributed by atoms with Gasteiger partial charge in [0.15, 0.2) is 0 Å². The van der Waals surface area contributed by atoms with Gasteiger partial charge in [0.25, 0.3) is 0 Å². The third-order valence-electron chi connectivity index (χ3n) is 11.6. The van der Waals surface area contributed by atoms with Gasteiger partial charge in [-0.05, 0) is 129 Å².